The van der Waals surface area contributed by atoms with Crippen molar-refractivity contribution in [1.82, 2.24) is 9.99 Å². The lowest BCUT2D eigenvalue weighted by Gasteiger charge is -2.12. The molecular weight excluding hydrogens is 427 g/mol. The fraction of sp³-hybridized carbons (Fsp3) is 0.143. The Bertz CT molecular complexity index is 1190. The Balaban J connectivity index is 1.82. The highest BCUT2D eigenvalue weighted by Gasteiger charge is 2.15. The average molecular weight is 445 g/mol. The highest BCUT2D eigenvalue weighted by Crippen LogP contribution is 2.28. The molecular formula is C21H18Cl2N4O3. The summed E-state index contributed by atoms with van der Waals surface area (Å²) in [5.74, 6) is -0.541. The third-order valence-electron chi connectivity index (χ3n) is 4.66. The molecule has 0 spiro atoms. The minimum Gasteiger partial charge on any atom is -0.316 e. The van der Waals surface area contributed by atoms with Crippen molar-refractivity contribution in [2.45, 2.75) is 20.8 Å². The summed E-state index contributed by atoms with van der Waals surface area (Å²) in [5, 5.41) is 16.2. The Hall–Kier alpha value is -3.16. The molecule has 9 heteroatoms. The third-order valence-corrected chi connectivity index (χ3v) is 5.21. The molecule has 1 heterocycles. The average Bonchev–Trinajstić information content (AvgIpc) is 2.97. The van der Waals surface area contributed by atoms with Gasteiger partial charge in [0.15, 0.2) is 0 Å². The van der Waals surface area contributed by atoms with Crippen LogP contribution in [0.15, 0.2) is 47.6 Å². The minimum absolute atomic E-state index is 0.117. The highest BCUT2D eigenvalue weighted by atomic mass is 35.5. The highest BCUT2D eigenvalue weighted by molar-refractivity contribution is 6.34. The molecule has 0 fully saturated rings. The first-order chi connectivity index (χ1) is 14.2. The number of amides is 1. The summed E-state index contributed by atoms with van der Waals surface area (Å²) in [6, 6.07) is 11.4. The van der Waals surface area contributed by atoms with E-state index >= 15 is 0 Å². The fourth-order valence-corrected chi connectivity index (χ4v) is 3.49. The van der Waals surface area contributed by atoms with Gasteiger partial charge in [0.05, 0.1) is 21.8 Å². The molecule has 3 rings (SSSR count). The van der Waals surface area contributed by atoms with Gasteiger partial charge in [0.1, 0.15) is 0 Å². The van der Waals surface area contributed by atoms with E-state index in [1.165, 1.54) is 24.4 Å². The fourth-order valence-electron chi connectivity index (χ4n) is 3.12. The quantitative estimate of drug-likeness (QED) is 0.325. The van der Waals surface area contributed by atoms with Gasteiger partial charge in [0.2, 0.25) is 0 Å². The Kier molecular flexibility index (Phi) is 6.24. The molecule has 2 aromatic carbocycles. The number of carbonyl (C=O) groups is 1. The van der Waals surface area contributed by atoms with E-state index in [1.54, 1.807) is 25.1 Å². The van der Waals surface area contributed by atoms with E-state index in [9.17, 15) is 14.9 Å². The molecule has 0 unspecified atom stereocenters. The molecule has 7 nitrogen and oxygen atoms in total. The van der Waals surface area contributed by atoms with Crippen LogP contribution in [0.25, 0.3) is 5.69 Å². The number of rotatable bonds is 5. The minimum atomic E-state index is -0.541. The van der Waals surface area contributed by atoms with Crippen molar-refractivity contribution in [2.75, 3.05) is 0 Å². The molecule has 1 N–H and O–H groups in total. The molecule has 0 atom stereocenters. The maximum absolute atomic E-state index is 12.3. The molecule has 0 saturated heterocycles. The van der Waals surface area contributed by atoms with Crippen molar-refractivity contribution in [2.24, 2.45) is 5.10 Å². The lowest BCUT2D eigenvalue weighted by atomic mass is 10.1. The van der Waals surface area contributed by atoms with Crippen molar-refractivity contribution < 1.29 is 9.72 Å². The zero-order valence-corrected chi connectivity index (χ0v) is 18.0. The number of carbonyl (C=O) groups excluding carboxylic acids is 1. The zero-order valence-electron chi connectivity index (χ0n) is 16.4. The van der Waals surface area contributed by atoms with Gasteiger partial charge in [-0.15, -0.1) is 0 Å². The molecule has 30 heavy (non-hydrogen) atoms. The van der Waals surface area contributed by atoms with Crippen molar-refractivity contribution in [3.8, 4) is 5.69 Å². The second kappa shape index (κ2) is 8.69. The Labute approximate surface area is 183 Å². The monoisotopic (exact) mass is 444 g/mol. The summed E-state index contributed by atoms with van der Waals surface area (Å²) < 4.78 is 1.95. The molecule has 0 radical (unpaired) electrons. The SMILES string of the molecule is Cc1ccc(C(=O)N/N=C\c2cc(C)n(-c3cc(Cl)ccc3Cl)c2C)cc1[N+](=O)[O-]. The molecule has 0 aliphatic heterocycles. The van der Waals surface area contributed by atoms with Gasteiger partial charge < -0.3 is 4.57 Å². The normalized spacial score (nSPS) is 11.1. The number of nitro groups is 1. The van der Waals surface area contributed by atoms with Gasteiger partial charge >= 0.3 is 0 Å². The van der Waals surface area contributed by atoms with E-state index in [4.69, 9.17) is 23.2 Å². The molecule has 1 amide bonds. The Morgan fingerprint density at radius 3 is 2.57 bits per heavy atom. The van der Waals surface area contributed by atoms with Crippen LogP contribution in [0.5, 0.6) is 0 Å². The number of hydrogen-bond donors (Lipinski definition) is 1. The standard InChI is InChI=1S/C21H18Cl2N4O3/c1-12-4-5-15(9-19(12)27(29)30)21(28)25-24-11-16-8-13(2)26(14(16)3)20-10-17(22)6-7-18(20)23/h4-11H,1-3H3,(H,25,28)/b24-11-. The molecule has 0 aliphatic carbocycles. The molecule has 1 aromatic heterocycles. The van der Waals surface area contributed by atoms with Crippen LogP contribution < -0.4 is 5.43 Å². The zero-order chi connectivity index (χ0) is 22.0. The van der Waals surface area contributed by atoms with Crippen LogP contribution in [0.2, 0.25) is 10.0 Å². The van der Waals surface area contributed by atoms with Crippen molar-refractivity contribution in [1.29, 1.82) is 0 Å². The Morgan fingerprint density at radius 1 is 1.13 bits per heavy atom. The first-order valence-electron chi connectivity index (χ1n) is 8.92. The number of aryl methyl sites for hydroxylation is 2. The summed E-state index contributed by atoms with van der Waals surface area (Å²) in [4.78, 5) is 22.8. The number of hydrazone groups is 1. The van der Waals surface area contributed by atoms with Gasteiger partial charge in [-0.2, -0.15) is 5.10 Å². The second-order valence-corrected chi connectivity index (χ2v) is 7.56. The first-order valence-corrected chi connectivity index (χ1v) is 9.67. The predicted octanol–water partition coefficient (Wildman–Crippen LogP) is 5.38. The van der Waals surface area contributed by atoms with Crippen LogP contribution in [-0.4, -0.2) is 21.6 Å². The van der Waals surface area contributed by atoms with Crippen LogP contribution >= 0.6 is 23.2 Å². The summed E-state index contributed by atoms with van der Waals surface area (Å²) in [6.07, 6.45) is 1.51. The maximum atomic E-state index is 12.3. The van der Waals surface area contributed by atoms with Gasteiger partial charge in [-0.25, -0.2) is 5.43 Å². The van der Waals surface area contributed by atoms with Gasteiger partial charge in [0, 0.05) is 39.2 Å². The van der Waals surface area contributed by atoms with E-state index in [1.807, 2.05) is 24.5 Å². The summed E-state index contributed by atoms with van der Waals surface area (Å²) in [6.45, 7) is 5.43. The lowest BCUT2D eigenvalue weighted by Crippen LogP contribution is -2.18. The molecule has 0 saturated carbocycles. The number of halogens is 2. The number of nitro benzene ring substituents is 1. The smallest absolute Gasteiger partial charge is 0.273 e. The molecule has 0 bridgehead atoms. The summed E-state index contributed by atoms with van der Waals surface area (Å²) >= 11 is 12.4. The van der Waals surface area contributed by atoms with E-state index < -0.39 is 10.8 Å². The van der Waals surface area contributed by atoms with Crippen molar-refractivity contribution >= 4 is 41.0 Å². The predicted molar refractivity (Wildman–Crippen MR) is 118 cm³/mol. The lowest BCUT2D eigenvalue weighted by molar-refractivity contribution is -0.385. The van der Waals surface area contributed by atoms with E-state index in [2.05, 4.69) is 10.5 Å². The van der Waals surface area contributed by atoms with E-state index in [0.717, 1.165) is 22.6 Å². The number of nitrogens with one attached hydrogen (secondary N) is 1. The van der Waals surface area contributed by atoms with Gasteiger partial charge in [-0.3, -0.25) is 14.9 Å². The first kappa shape index (κ1) is 21.5. The van der Waals surface area contributed by atoms with E-state index in [-0.39, 0.29) is 11.3 Å². The summed E-state index contributed by atoms with van der Waals surface area (Å²) in [5.41, 5.74) is 6.21. The van der Waals surface area contributed by atoms with Crippen LogP contribution in [0.4, 0.5) is 5.69 Å². The van der Waals surface area contributed by atoms with Crippen molar-refractivity contribution in [3.63, 3.8) is 0 Å². The molecule has 154 valence electrons. The largest absolute Gasteiger partial charge is 0.316 e. The van der Waals surface area contributed by atoms with Crippen LogP contribution in [-0.2, 0) is 0 Å². The number of hydrogen-bond acceptors (Lipinski definition) is 4. The molecule has 0 aliphatic rings. The second-order valence-electron chi connectivity index (χ2n) is 6.72. The van der Waals surface area contributed by atoms with Crippen LogP contribution in [0.3, 0.4) is 0 Å². The van der Waals surface area contributed by atoms with Crippen LogP contribution in [0.1, 0.15) is 32.9 Å². The van der Waals surface area contributed by atoms with Gasteiger partial charge in [0.25, 0.3) is 11.6 Å². The van der Waals surface area contributed by atoms with Crippen LogP contribution in [0, 0.1) is 30.9 Å². The summed E-state index contributed by atoms with van der Waals surface area (Å²) in [7, 11) is 0. The molecule has 3 aromatic rings. The van der Waals surface area contributed by atoms with Gasteiger partial charge in [-0.05, 0) is 51.1 Å². The number of aromatic nitrogens is 1. The Morgan fingerprint density at radius 2 is 1.87 bits per heavy atom. The topological polar surface area (TPSA) is 89.5 Å². The number of benzene rings is 2. The van der Waals surface area contributed by atoms with Gasteiger partial charge in [-0.1, -0.05) is 29.3 Å². The maximum Gasteiger partial charge on any atom is 0.273 e. The number of nitrogens with zero attached hydrogens (tertiary/aromatic N) is 3. The van der Waals surface area contributed by atoms with E-state index in [0.29, 0.717) is 15.6 Å². The van der Waals surface area contributed by atoms with Crippen molar-refractivity contribution in [3.05, 3.63) is 90.7 Å². The third kappa shape index (κ3) is 4.37.